The molecule has 5 heterocycles. The highest BCUT2D eigenvalue weighted by Gasteiger charge is 2.19. The predicted molar refractivity (Wildman–Crippen MR) is 103 cm³/mol. The Morgan fingerprint density at radius 1 is 1.19 bits per heavy atom. The maximum absolute atomic E-state index is 14.7. The van der Waals surface area contributed by atoms with Crippen LogP contribution in [0.2, 0.25) is 0 Å². The molecule has 132 valence electrons. The van der Waals surface area contributed by atoms with Gasteiger partial charge in [0.2, 0.25) is 0 Å². The SMILES string of the molecule is Cc1csc2cc(-c3cc(F)c4nc(C5CCNCC5)cn4c3)cnc12. The molecule has 1 fully saturated rings. The maximum atomic E-state index is 14.7. The van der Waals surface area contributed by atoms with Crippen molar-refractivity contribution in [2.75, 3.05) is 13.1 Å². The molecule has 0 radical (unpaired) electrons. The van der Waals surface area contributed by atoms with E-state index in [1.807, 2.05) is 23.0 Å². The summed E-state index contributed by atoms with van der Waals surface area (Å²) in [6, 6.07) is 3.66. The molecule has 0 atom stereocenters. The molecule has 4 aromatic heterocycles. The number of nitrogens with one attached hydrogen (secondary N) is 1. The van der Waals surface area contributed by atoms with Gasteiger partial charge in [0.25, 0.3) is 0 Å². The summed E-state index contributed by atoms with van der Waals surface area (Å²) in [6.07, 6.45) is 7.87. The number of aromatic nitrogens is 3. The van der Waals surface area contributed by atoms with Crippen molar-refractivity contribution < 1.29 is 4.39 Å². The summed E-state index contributed by atoms with van der Waals surface area (Å²) in [7, 11) is 0. The van der Waals surface area contributed by atoms with Crippen LogP contribution in [0.5, 0.6) is 0 Å². The molecule has 0 amide bonds. The number of fused-ring (bicyclic) bond motifs is 2. The Labute approximate surface area is 154 Å². The number of hydrogen-bond acceptors (Lipinski definition) is 4. The molecular weight excluding hydrogens is 347 g/mol. The van der Waals surface area contributed by atoms with Gasteiger partial charge >= 0.3 is 0 Å². The van der Waals surface area contributed by atoms with Crippen LogP contribution >= 0.6 is 11.3 Å². The third-order valence-electron chi connectivity index (χ3n) is 5.20. The van der Waals surface area contributed by atoms with Crippen LogP contribution < -0.4 is 5.32 Å². The van der Waals surface area contributed by atoms with Crippen molar-refractivity contribution in [3.63, 3.8) is 0 Å². The quantitative estimate of drug-likeness (QED) is 0.567. The summed E-state index contributed by atoms with van der Waals surface area (Å²) >= 11 is 1.67. The second kappa shape index (κ2) is 6.14. The zero-order chi connectivity index (χ0) is 17.7. The van der Waals surface area contributed by atoms with E-state index in [4.69, 9.17) is 0 Å². The lowest BCUT2D eigenvalue weighted by atomic mass is 9.95. The Morgan fingerprint density at radius 3 is 2.88 bits per heavy atom. The van der Waals surface area contributed by atoms with Gasteiger partial charge in [-0.2, -0.15) is 0 Å². The van der Waals surface area contributed by atoms with Gasteiger partial charge in [0.05, 0.1) is 15.9 Å². The van der Waals surface area contributed by atoms with Crippen LogP contribution in [0, 0.1) is 12.7 Å². The van der Waals surface area contributed by atoms with E-state index in [0.29, 0.717) is 11.6 Å². The van der Waals surface area contributed by atoms with E-state index in [-0.39, 0.29) is 5.82 Å². The van der Waals surface area contributed by atoms with Gasteiger partial charge in [-0.05, 0) is 55.9 Å². The molecule has 0 aromatic carbocycles. The fourth-order valence-electron chi connectivity index (χ4n) is 3.74. The molecule has 1 saturated heterocycles. The number of nitrogens with zero attached hydrogens (tertiary/aromatic N) is 3. The van der Waals surface area contributed by atoms with E-state index in [2.05, 4.69) is 33.7 Å². The normalized spacial score (nSPS) is 15.9. The van der Waals surface area contributed by atoms with E-state index in [1.165, 1.54) is 5.56 Å². The number of piperidine rings is 1. The summed E-state index contributed by atoms with van der Waals surface area (Å²) in [5.41, 5.74) is 5.35. The Morgan fingerprint density at radius 2 is 2.04 bits per heavy atom. The average molecular weight is 366 g/mol. The van der Waals surface area contributed by atoms with E-state index >= 15 is 0 Å². The second-order valence-electron chi connectivity index (χ2n) is 6.99. The van der Waals surface area contributed by atoms with Crippen molar-refractivity contribution in [3.8, 4) is 11.1 Å². The summed E-state index contributed by atoms with van der Waals surface area (Å²) in [5.74, 6) is 0.122. The van der Waals surface area contributed by atoms with E-state index in [1.54, 1.807) is 17.4 Å². The molecule has 0 aliphatic carbocycles. The summed E-state index contributed by atoms with van der Waals surface area (Å²) in [5, 5.41) is 5.47. The Hall–Kier alpha value is -2.31. The molecule has 0 unspecified atom stereocenters. The van der Waals surface area contributed by atoms with Gasteiger partial charge in [0.15, 0.2) is 11.5 Å². The van der Waals surface area contributed by atoms with Crippen molar-refractivity contribution >= 4 is 27.2 Å². The lowest BCUT2D eigenvalue weighted by Gasteiger charge is -2.20. The van der Waals surface area contributed by atoms with Crippen LogP contribution in [0.15, 0.2) is 36.1 Å². The molecule has 1 aliphatic rings. The third-order valence-corrected chi connectivity index (χ3v) is 6.24. The van der Waals surface area contributed by atoms with Gasteiger partial charge in [-0.15, -0.1) is 11.3 Å². The Balaban J connectivity index is 1.59. The lowest BCUT2D eigenvalue weighted by Crippen LogP contribution is -2.26. The van der Waals surface area contributed by atoms with Gasteiger partial charge in [-0.3, -0.25) is 4.98 Å². The van der Waals surface area contributed by atoms with Crippen LogP contribution in [-0.4, -0.2) is 27.5 Å². The summed E-state index contributed by atoms with van der Waals surface area (Å²) < 4.78 is 17.7. The Bertz CT molecular complexity index is 1110. The van der Waals surface area contributed by atoms with Gasteiger partial charge in [-0.25, -0.2) is 9.37 Å². The number of rotatable bonds is 2. The van der Waals surface area contributed by atoms with Crippen molar-refractivity contribution in [1.82, 2.24) is 19.7 Å². The Kier molecular flexibility index (Phi) is 3.76. The molecule has 5 rings (SSSR count). The fraction of sp³-hybridized carbons (Fsp3) is 0.300. The molecule has 1 aliphatic heterocycles. The first-order valence-electron chi connectivity index (χ1n) is 8.92. The first kappa shape index (κ1) is 15.9. The molecule has 6 heteroatoms. The van der Waals surface area contributed by atoms with Crippen molar-refractivity contribution in [2.45, 2.75) is 25.7 Å². The topological polar surface area (TPSA) is 42.2 Å². The third kappa shape index (κ3) is 2.61. The smallest absolute Gasteiger partial charge is 0.173 e. The van der Waals surface area contributed by atoms with Gasteiger partial charge in [-0.1, -0.05) is 0 Å². The lowest BCUT2D eigenvalue weighted by molar-refractivity contribution is 0.454. The van der Waals surface area contributed by atoms with Crippen LogP contribution in [0.3, 0.4) is 0 Å². The van der Waals surface area contributed by atoms with Crippen LogP contribution in [0.4, 0.5) is 4.39 Å². The zero-order valence-electron chi connectivity index (χ0n) is 14.5. The molecular formula is C20H19FN4S. The largest absolute Gasteiger partial charge is 0.317 e. The maximum Gasteiger partial charge on any atom is 0.173 e. The minimum absolute atomic E-state index is 0.287. The highest BCUT2D eigenvalue weighted by molar-refractivity contribution is 7.17. The predicted octanol–water partition coefficient (Wildman–Crippen LogP) is 4.53. The fourth-order valence-corrected chi connectivity index (χ4v) is 4.68. The number of pyridine rings is 2. The van der Waals surface area contributed by atoms with Crippen LogP contribution in [0.25, 0.3) is 27.0 Å². The molecule has 4 aromatic rings. The molecule has 0 bridgehead atoms. The van der Waals surface area contributed by atoms with Crippen molar-refractivity contribution in [3.05, 3.63) is 53.2 Å². The second-order valence-corrected chi connectivity index (χ2v) is 7.90. The van der Waals surface area contributed by atoms with Gasteiger partial charge in [0, 0.05) is 35.6 Å². The average Bonchev–Trinajstić information content (AvgIpc) is 3.26. The molecule has 1 N–H and O–H groups in total. The minimum Gasteiger partial charge on any atom is -0.317 e. The van der Waals surface area contributed by atoms with E-state index < -0.39 is 0 Å². The standard InChI is InChI=1S/C20H19FN4S/c1-12-11-26-18-7-14(8-23-19(12)18)15-6-16(21)20-24-17(10-25(20)9-15)13-2-4-22-5-3-13/h6-11,13,22H,2-5H2,1H3. The molecule has 4 nitrogen and oxygen atoms in total. The van der Waals surface area contributed by atoms with Crippen molar-refractivity contribution in [1.29, 1.82) is 0 Å². The van der Waals surface area contributed by atoms with E-state index in [0.717, 1.165) is 53.0 Å². The highest BCUT2D eigenvalue weighted by Crippen LogP contribution is 2.30. The summed E-state index contributed by atoms with van der Waals surface area (Å²) in [6.45, 7) is 4.06. The number of aryl methyl sites for hydroxylation is 1. The molecule has 0 spiro atoms. The van der Waals surface area contributed by atoms with Crippen molar-refractivity contribution in [2.24, 2.45) is 0 Å². The van der Waals surface area contributed by atoms with Gasteiger partial charge in [0.1, 0.15) is 0 Å². The summed E-state index contributed by atoms with van der Waals surface area (Å²) in [4.78, 5) is 9.13. The zero-order valence-corrected chi connectivity index (χ0v) is 15.3. The number of hydrogen-bond donors (Lipinski definition) is 1. The molecule has 26 heavy (non-hydrogen) atoms. The van der Waals surface area contributed by atoms with Crippen LogP contribution in [0.1, 0.15) is 30.0 Å². The highest BCUT2D eigenvalue weighted by atomic mass is 32.1. The number of thiophene rings is 1. The monoisotopic (exact) mass is 366 g/mol. The number of halogens is 1. The first-order chi connectivity index (χ1) is 12.7. The number of imidazole rings is 1. The molecule has 0 saturated carbocycles. The first-order valence-corrected chi connectivity index (χ1v) is 9.80. The van der Waals surface area contributed by atoms with Gasteiger partial charge < -0.3 is 9.72 Å². The van der Waals surface area contributed by atoms with E-state index in [9.17, 15) is 4.39 Å². The van der Waals surface area contributed by atoms with Crippen LogP contribution in [-0.2, 0) is 0 Å². The minimum atomic E-state index is -0.287.